The quantitative estimate of drug-likeness (QED) is 0.448. The van der Waals surface area contributed by atoms with Gasteiger partial charge in [-0.1, -0.05) is 22.4 Å². The van der Waals surface area contributed by atoms with E-state index in [2.05, 4.69) is 20.5 Å². The molecule has 0 fully saturated rings. The van der Waals surface area contributed by atoms with E-state index in [1.807, 2.05) is 0 Å². The Balaban J connectivity index is -0.000000500. The van der Waals surface area contributed by atoms with Crippen molar-refractivity contribution in [3.05, 3.63) is 0 Å². The van der Waals surface area contributed by atoms with Gasteiger partial charge in [0.2, 0.25) is 0 Å². The second kappa shape index (κ2) is 11.2. The topological polar surface area (TPSA) is 66.8 Å². The summed E-state index contributed by atoms with van der Waals surface area (Å²) in [4.78, 5) is 16.5. The number of rotatable bonds is 6. The highest BCUT2D eigenvalue weighted by Crippen LogP contribution is 2.35. The van der Waals surface area contributed by atoms with Crippen molar-refractivity contribution < 1.29 is 18.9 Å². The molecule has 0 saturated carbocycles. The molecule has 4 nitrogen and oxygen atoms in total. The summed E-state index contributed by atoms with van der Waals surface area (Å²) in [7, 11) is -4.23. The second-order valence-electron chi connectivity index (χ2n) is 2.07. The average molecular weight is 320 g/mol. The van der Waals surface area contributed by atoms with Crippen molar-refractivity contribution in [1.82, 2.24) is 0 Å². The van der Waals surface area contributed by atoms with Crippen molar-refractivity contribution in [2.75, 3.05) is 11.9 Å². The maximum atomic E-state index is 10.1. The Morgan fingerprint density at radius 3 is 2.08 bits per heavy atom. The summed E-state index contributed by atoms with van der Waals surface area (Å²) >= 11 is 3.25. The smallest absolute Gasteiger partial charge is 0.303 e. The molecule has 0 aromatic rings. The first-order valence-electron chi connectivity index (χ1n) is 3.32. The summed E-state index contributed by atoms with van der Waals surface area (Å²) in [5.41, 5.74) is 0. The lowest BCUT2D eigenvalue weighted by molar-refractivity contribution is 0.193. The van der Waals surface area contributed by atoms with E-state index in [9.17, 15) is 4.57 Å². The standard InChI is InChI=1S/C5H12BrO4P.2ClH/c6-4-2-1-3-5-10-11(7,8)9;;/h1-5H2,(H2,7,8,9);2*1H. The van der Waals surface area contributed by atoms with E-state index in [4.69, 9.17) is 9.79 Å². The third-order valence-electron chi connectivity index (χ3n) is 1.04. The maximum Gasteiger partial charge on any atom is 0.469 e. The van der Waals surface area contributed by atoms with Gasteiger partial charge in [0, 0.05) is 5.33 Å². The molecular weight excluding hydrogens is 306 g/mol. The first-order valence-corrected chi connectivity index (χ1v) is 5.97. The van der Waals surface area contributed by atoms with E-state index >= 15 is 0 Å². The van der Waals surface area contributed by atoms with Gasteiger partial charge in [-0.15, -0.1) is 24.8 Å². The SMILES string of the molecule is Cl.Cl.O=P(O)(O)OCCCCCBr. The van der Waals surface area contributed by atoms with Gasteiger partial charge in [0.25, 0.3) is 0 Å². The van der Waals surface area contributed by atoms with Crippen LogP contribution in [0, 0.1) is 0 Å². The Morgan fingerprint density at radius 2 is 1.69 bits per heavy atom. The molecule has 0 spiro atoms. The first-order chi connectivity index (χ1) is 5.06. The number of hydrogen-bond donors (Lipinski definition) is 2. The van der Waals surface area contributed by atoms with E-state index in [0.29, 0.717) is 6.42 Å². The molecule has 0 atom stereocenters. The monoisotopic (exact) mass is 318 g/mol. The summed E-state index contributed by atoms with van der Waals surface area (Å²) in [6, 6.07) is 0. The van der Waals surface area contributed by atoms with Crippen molar-refractivity contribution in [3.8, 4) is 0 Å². The molecule has 2 N–H and O–H groups in total. The lowest BCUT2D eigenvalue weighted by atomic mass is 10.3. The Bertz CT molecular complexity index is 142. The summed E-state index contributed by atoms with van der Waals surface area (Å²) in [5.74, 6) is 0. The average Bonchev–Trinajstić information content (AvgIpc) is 1.85. The van der Waals surface area contributed by atoms with Gasteiger partial charge < -0.3 is 9.79 Å². The molecule has 0 rings (SSSR count). The Labute approximate surface area is 98.6 Å². The van der Waals surface area contributed by atoms with Crippen LogP contribution in [-0.4, -0.2) is 21.7 Å². The van der Waals surface area contributed by atoms with Gasteiger partial charge in [-0.25, -0.2) is 4.57 Å². The Morgan fingerprint density at radius 1 is 1.15 bits per heavy atom. The maximum absolute atomic E-state index is 10.1. The normalized spacial score (nSPS) is 10.1. The van der Waals surface area contributed by atoms with E-state index in [1.165, 1.54) is 0 Å². The van der Waals surface area contributed by atoms with Crippen LogP contribution in [0.5, 0.6) is 0 Å². The highest BCUT2D eigenvalue weighted by molar-refractivity contribution is 9.09. The molecule has 0 aliphatic heterocycles. The number of phosphoric ester groups is 1. The molecule has 8 heteroatoms. The third kappa shape index (κ3) is 19.5. The van der Waals surface area contributed by atoms with Crippen LogP contribution in [0.3, 0.4) is 0 Å². The van der Waals surface area contributed by atoms with Crippen molar-refractivity contribution in [2.24, 2.45) is 0 Å². The van der Waals surface area contributed by atoms with E-state index in [-0.39, 0.29) is 31.4 Å². The van der Waals surface area contributed by atoms with Crippen LogP contribution in [0.2, 0.25) is 0 Å². The number of halogens is 3. The van der Waals surface area contributed by atoms with Crippen LogP contribution in [-0.2, 0) is 9.09 Å². The molecule has 0 heterocycles. The summed E-state index contributed by atoms with van der Waals surface area (Å²) in [6.07, 6.45) is 2.62. The predicted molar refractivity (Wildman–Crippen MR) is 60.1 cm³/mol. The zero-order chi connectivity index (χ0) is 8.74. The lowest BCUT2D eigenvalue weighted by Crippen LogP contribution is -1.92. The molecule has 13 heavy (non-hydrogen) atoms. The number of phosphoric acid groups is 1. The minimum atomic E-state index is -4.23. The van der Waals surface area contributed by atoms with E-state index in [1.54, 1.807) is 0 Å². The molecule has 84 valence electrons. The summed E-state index contributed by atoms with van der Waals surface area (Å²) in [6.45, 7) is 0.136. The molecule has 0 aliphatic rings. The van der Waals surface area contributed by atoms with Gasteiger partial charge in [0.15, 0.2) is 0 Å². The first kappa shape index (κ1) is 19.7. The van der Waals surface area contributed by atoms with Gasteiger partial charge in [0.1, 0.15) is 0 Å². The van der Waals surface area contributed by atoms with Crippen molar-refractivity contribution in [3.63, 3.8) is 0 Å². The molecule has 0 aliphatic carbocycles. The number of unbranched alkanes of at least 4 members (excludes halogenated alkanes) is 2. The van der Waals surface area contributed by atoms with Gasteiger partial charge in [0.05, 0.1) is 6.61 Å². The van der Waals surface area contributed by atoms with Crippen LogP contribution >= 0.6 is 48.6 Å². The molecule has 0 radical (unpaired) electrons. The number of hydrogen-bond acceptors (Lipinski definition) is 2. The molecule has 0 unspecified atom stereocenters. The summed E-state index contributed by atoms with van der Waals surface area (Å²) < 4.78 is 14.4. The fourth-order valence-electron chi connectivity index (χ4n) is 0.557. The van der Waals surface area contributed by atoms with Crippen LogP contribution < -0.4 is 0 Å². The molecular formula is C5H14BrCl2O4P. The fourth-order valence-corrected chi connectivity index (χ4v) is 1.32. The summed E-state index contributed by atoms with van der Waals surface area (Å²) in [5, 5.41) is 0.920. The third-order valence-corrected chi connectivity index (χ3v) is 2.12. The molecule has 0 saturated heterocycles. The van der Waals surface area contributed by atoms with Crippen LogP contribution in [0.15, 0.2) is 0 Å². The van der Waals surface area contributed by atoms with Crippen LogP contribution in [0.4, 0.5) is 0 Å². The molecule has 0 aromatic heterocycles. The van der Waals surface area contributed by atoms with Crippen molar-refractivity contribution in [2.45, 2.75) is 19.3 Å². The van der Waals surface area contributed by atoms with Crippen LogP contribution in [0.1, 0.15) is 19.3 Å². The number of alkyl halides is 1. The highest BCUT2D eigenvalue weighted by Gasteiger charge is 2.11. The van der Waals surface area contributed by atoms with Crippen molar-refractivity contribution in [1.29, 1.82) is 0 Å². The van der Waals surface area contributed by atoms with Gasteiger partial charge in [-0.05, 0) is 12.8 Å². The fraction of sp³-hybridized carbons (Fsp3) is 1.00. The zero-order valence-corrected chi connectivity index (χ0v) is 11.0. The molecule has 0 amide bonds. The molecule has 0 bridgehead atoms. The predicted octanol–water partition coefficient (Wildman–Crippen LogP) is 2.50. The van der Waals surface area contributed by atoms with E-state index < -0.39 is 7.82 Å². The second-order valence-corrected chi connectivity index (χ2v) is 4.11. The molecule has 0 aromatic carbocycles. The van der Waals surface area contributed by atoms with Gasteiger partial charge in [-0.2, -0.15) is 0 Å². The van der Waals surface area contributed by atoms with Crippen LogP contribution in [0.25, 0.3) is 0 Å². The van der Waals surface area contributed by atoms with Gasteiger partial charge in [-0.3, -0.25) is 4.52 Å². The van der Waals surface area contributed by atoms with Gasteiger partial charge >= 0.3 is 7.82 Å². The minimum Gasteiger partial charge on any atom is -0.303 e. The Hall–Kier alpha value is 1.17. The zero-order valence-electron chi connectivity index (χ0n) is 6.89. The Kier molecular flexibility index (Phi) is 17.0. The lowest BCUT2D eigenvalue weighted by Gasteiger charge is -2.03. The van der Waals surface area contributed by atoms with Crippen molar-refractivity contribution >= 4 is 48.6 Å². The van der Waals surface area contributed by atoms with E-state index in [0.717, 1.165) is 18.2 Å². The highest BCUT2D eigenvalue weighted by atomic mass is 79.9. The largest absolute Gasteiger partial charge is 0.469 e. The minimum absolute atomic E-state index is 0.